The summed E-state index contributed by atoms with van der Waals surface area (Å²) < 4.78 is 5.22. The van der Waals surface area contributed by atoms with Crippen LogP contribution in [0, 0.1) is 6.92 Å². The van der Waals surface area contributed by atoms with Crippen LogP contribution < -0.4 is 5.32 Å². The second-order valence-electron chi connectivity index (χ2n) is 4.02. The molecule has 18 heavy (non-hydrogen) atoms. The summed E-state index contributed by atoms with van der Waals surface area (Å²) in [5.41, 5.74) is 1.14. The first-order chi connectivity index (χ1) is 8.58. The number of aromatic nitrogens is 1. The summed E-state index contributed by atoms with van der Waals surface area (Å²) in [6.07, 6.45) is 3.04. The molecule has 2 rings (SSSR count). The highest BCUT2D eigenvalue weighted by Gasteiger charge is 2.16. The molecule has 1 atom stereocenters. The lowest BCUT2D eigenvalue weighted by Crippen LogP contribution is -2.26. The fourth-order valence-electron chi connectivity index (χ4n) is 1.58. The van der Waals surface area contributed by atoms with Gasteiger partial charge in [-0.15, -0.1) is 0 Å². The van der Waals surface area contributed by atoms with E-state index in [0.717, 1.165) is 5.69 Å². The van der Waals surface area contributed by atoms with Crippen molar-refractivity contribution in [2.45, 2.75) is 19.9 Å². The molecule has 1 N–H and O–H groups in total. The number of nitrogens with zero attached hydrogens (tertiary/aromatic N) is 1. The van der Waals surface area contributed by atoms with Gasteiger partial charge in [0.2, 0.25) is 0 Å². The van der Waals surface area contributed by atoms with Crippen molar-refractivity contribution in [1.29, 1.82) is 0 Å². The van der Waals surface area contributed by atoms with Gasteiger partial charge in [-0.1, -0.05) is 11.6 Å². The minimum absolute atomic E-state index is 0.218. The van der Waals surface area contributed by atoms with Gasteiger partial charge in [0.1, 0.15) is 5.76 Å². The lowest BCUT2D eigenvalue weighted by atomic mass is 10.2. The molecule has 0 aliphatic heterocycles. The Kier molecular flexibility index (Phi) is 3.67. The number of carbonyl (C=O) groups is 1. The van der Waals surface area contributed by atoms with Crippen LogP contribution in [0.5, 0.6) is 0 Å². The number of halogens is 1. The first-order valence-electron chi connectivity index (χ1n) is 5.54. The Bertz CT molecular complexity index is 552. The summed E-state index contributed by atoms with van der Waals surface area (Å²) in [7, 11) is 0. The first-order valence-corrected chi connectivity index (χ1v) is 5.92. The van der Waals surface area contributed by atoms with Crippen molar-refractivity contribution in [2.75, 3.05) is 0 Å². The van der Waals surface area contributed by atoms with Gasteiger partial charge in [0.05, 0.1) is 22.9 Å². The van der Waals surface area contributed by atoms with E-state index in [9.17, 15) is 4.79 Å². The number of hydrogen-bond donors (Lipinski definition) is 1. The predicted octanol–water partition coefficient (Wildman–Crippen LogP) is 3.13. The van der Waals surface area contributed by atoms with Crippen molar-refractivity contribution in [3.05, 3.63) is 52.7 Å². The molecule has 0 aliphatic carbocycles. The van der Waals surface area contributed by atoms with Crippen molar-refractivity contribution >= 4 is 17.5 Å². The number of furan rings is 1. The average molecular weight is 265 g/mol. The van der Waals surface area contributed by atoms with Crippen LogP contribution in [0.2, 0.25) is 5.02 Å². The van der Waals surface area contributed by atoms with Crippen molar-refractivity contribution in [3.63, 3.8) is 0 Å². The maximum Gasteiger partial charge on any atom is 0.254 e. The maximum absolute atomic E-state index is 12.0. The molecular formula is C13H13ClN2O2. The Hall–Kier alpha value is -1.81. The molecule has 0 bridgehead atoms. The van der Waals surface area contributed by atoms with E-state index in [0.29, 0.717) is 16.3 Å². The molecular weight excluding hydrogens is 252 g/mol. The van der Waals surface area contributed by atoms with Gasteiger partial charge >= 0.3 is 0 Å². The number of pyridine rings is 1. The molecule has 1 amide bonds. The van der Waals surface area contributed by atoms with Gasteiger partial charge in [-0.25, -0.2) is 0 Å². The number of aryl methyl sites for hydroxylation is 1. The van der Waals surface area contributed by atoms with E-state index in [1.54, 1.807) is 24.5 Å². The fraction of sp³-hybridized carbons (Fsp3) is 0.231. The van der Waals surface area contributed by atoms with Gasteiger partial charge < -0.3 is 9.73 Å². The van der Waals surface area contributed by atoms with E-state index in [-0.39, 0.29) is 11.9 Å². The zero-order valence-corrected chi connectivity index (χ0v) is 10.9. The van der Waals surface area contributed by atoms with E-state index < -0.39 is 0 Å². The smallest absolute Gasteiger partial charge is 0.254 e. The summed E-state index contributed by atoms with van der Waals surface area (Å²) in [5, 5.41) is 3.20. The predicted molar refractivity (Wildman–Crippen MR) is 68.6 cm³/mol. The Morgan fingerprint density at radius 1 is 1.56 bits per heavy atom. The second kappa shape index (κ2) is 5.23. The maximum atomic E-state index is 12.0. The van der Waals surface area contributed by atoms with E-state index in [1.807, 2.05) is 13.8 Å². The molecule has 0 radical (unpaired) electrons. The van der Waals surface area contributed by atoms with Gasteiger partial charge in [0.25, 0.3) is 5.91 Å². The van der Waals surface area contributed by atoms with Crippen LogP contribution in [-0.4, -0.2) is 10.9 Å². The van der Waals surface area contributed by atoms with Crippen LogP contribution in [0.4, 0.5) is 0 Å². The van der Waals surface area contributed by atoms with Crippen molar-refractivity contribution in [2.24, 2.45) is 0 Å². The van der Waals surface area contributed by atoms with Gasteiger partial charge in [0, 0.05) is 11.9 Å². The highest BCUT2D eigenvalue weighted by molar-refractivity contribution is 6.33. The largest absolute Gasteiger partial charge is 0.467 e. The molecule has 0 aliphatic rings. The van der Waals surface area contributed by atoms with Crippen LogP contribution in [0.3, 0.4) is 0 Å². The zero-order valence-electron chi connectivity index (χ0n) is 10.1. The number of rotatable bonds is 3. The molecule has 2 heterocycles. The summed E-state index contributed by atoms with van der Waals surface area (Å²) >= 11 is 6.01. The van der Waals surface area contributed by atoms with Crippen LogP contribution in [0.1, 0.15) is 34.8 Å². The lowest BCUT2D eigenvalue weighted by Gasteiger charge is -2.12. The zero-order chi connectivity index (χ0) is 13.1. The van der Waals surface area contributed by atoms with Gasteiger partial charge in [-0.05, 0) is 32.0 Å². The van der Waals surface area contributed by atoms with Crippen LogP contribution >= 0.6 is 11.6 Å². The number of carbonyl (C=O) groups excluding carboxylic acids is 1. The normalized spacial score (nSPS) is 12.2. The van der Waals surface area contributed by atoms with Crippen molar-refractivity contribution < 1.29 is 9.21 Å². The third kappa shape index (κ3) is 2.71. The summed E-state index contributed by atoms with van der Waals surface area (Å²) in [6.45, 7) is 3.66. The molecule has 0 saturated carbocycles. The summed E-state index contributed by atoms with van der Waals surface area (Å²) in [6, 6.07) is 5.02. The third-order valence-electron chi connectivity index (χ3n) is 2.55. The molecule has 2 aromatic heterocycles. The van der Waals surface area contributed by atoms with E-state index in [1.165, 1.54) is 6.20 Å². The minimum atomic E-state index is -0.267. The molecule has 1 unspecified atom stereocenters. The minimum Gasteiger partial charge on any atom is -0.467 e. The third-order valence-corrected chi connectivity index (χ3v) is 2.87. The standard InChI is InChI=1S/C13H13ClN2O2/c1-8-6-11(14)10(7-15-8)13(17)16-9(2)12-4-3-5-18-12/h3-7,9H,1-2H3,(H,16,17). The van der Waals surface area contributed by atoms with Gasteiger partial charge in [-0.2, -0.15) is 0 Å². The molecule has 0 fully saturated rings. The quantitative estimate of drug-likeness (QED) is 0.927. The Balaban J connectivity index is 2.12. The Morgan fingerprint density at radius 3 is 2.94 bits per heavy atom. The molecule has 94 valence electrons. The van der Waals surface area contributed by atoms with E-state index in [2.05, 4.69) is 10.3 Å². The van der Waals surface area contributed by atoms with Crippen molar-refractivity contribution in [1.82, 2.24) is 10.3 Å². The Labute approximate surface area is 110 Å². The molecule has 2 aromatic rings. The van der Waals surface area contributed by atoms with Gasteiger partial charge in [-0.3, -0.25) is 9.78 Å². The summed E-state index contributed by atoms with van der Waals surface area (Å²) in [4.78, 5) is 16.1. The Morgan fingerprint density at radius 2 is 2.33 bits per heavy atom. The fourth-order valence-corrected chi connectivity index (χ4v) is 1.87. The monoisotopic (exact) mass is 264 g/mol. The topological polar surface area (TPSA) is 55.1 Å². The van der Waals surface area contributed by atoms with Crippen LogP contribution in [-0.2, 0) is 0 Å². The average Bonchev–Trinajstić information content (AvgIpc) is 2.81. The van der Waals surface area contributed by atoms with Crippen molar-refractivity contribution in [3.8, 4) is 0 Å². The molecule has 0 saturated heterocycles. The molecule has 5 heteroatoms. The number of hydrogen-bond acceptors (Lipinski definition) is 3. The molecule has 0 aromatic carbocycles. The van der Waals surface area contributed by atoms with Crippen LogP contribution in [0.15, 0.2) is 35.1 Å². The molecule has 4 nitrogen and oxygen atoms in total. The number of amides is 1. The number of nitrogens with one attached hydrogen (secondary N) is 1. The SMILES string of the molecule is Cc1cc(Cl)c(C(=O)NC(C)c2ccco2)cn1. The first kappa shape index (κ1) is 12.6. The molecule has 0 spiro atoms. The highest BCUT2D eigenvalue weighted by atomic mass is 35.5. The second-order valence-corrected chi connectivity index (χ2v) is 4.42. The van der Waals surface area contributed by atoms with Crippen LogP contribution in [0.25, 0.3) is 0 Å². The lowest BCUT2D eigenvalue weighted by molar-refractivity contribution is 0.0935. The van der Waals surface area contributed by atoms with E-state index >= 15 is 0 Å². The van der Waals surface area contributed by atoms with Gasteiger partial charge in [0.15, 0.2) is 0 Å². The highest BCUT2D eigenvalue weighted by Crippen LogP contribution is 2.18. The summed E-state index contributed by atoms with van der Waals surface area (Å²) in [5.74, 6) is 0.427. The van der Waals surface area contributed by atoms with E-state index in [4.69, 9.17) is 16.0 Å².